The van der Waals surface area contributed by atoms with Crippen LogP contribution in [0.25, 0.3) is 0 Å². The molecule has 5 nitrogen and oxygen atoms in total. The maximum Gasteiger partial charge on any atom is 0.273 e. The van der Waals surface area contributed by atoms with E-state index in [1.54, 1.807) is 6.07 Å². The molecule has 5 heteroatoms. The van der Waals surface area contributed by atoms with Crippen molar-refractivity contribution in [2.45, 2.75) is 95.4 Å². The van der Waals surface area contributed by atoms with Gasteiger partial charge in [0.25, 0.3) is 5.69 Å². The van der Waals surface area contributed by atoms with E-state index in [1.807, 2.05) is 6.07 Å². The zero-order chi connectivity index (χ0) is 20.4. The predicted molar refractivity (Wildman–Crippen MR) is 114 cm³/mol. The largest absolute Gasteiger partial charge is 0.340 e. The van der Waals surface area contributed by atoms with Crippen molar-refractivity contribution in [1.82, 2.24) is 4.90 Å². The molecule has 3 aliphatic carbocycles. The van der Waals surface area contributed by atoms with E-state index in [2.05, 4.69) is 17.9 Å². The Kier molecular flexibility index (Phi) is 6.21. The van der Waals surface area contributed by atoms with Crippen LogP contribution in [-0.4, -0.2) is 28.3 Å². The van der Waals surface area contributed by atoms with E-state index in [-0.39, 0.29) is 28.4 Å². The summed E-state index contributed by atoms with van der Waals surface area (Å²) in [5.41, 5.74) is 2.15. The molecule has 1 aromatic carbocycles. The molecule has 0 radical (unpaired) electrons. The first-order valence-corrected chi connectivity index (χ1v) is 11.7. The molecule has 158 valence electrons. The van der Waals surface area contributed by atoms with Gasteiger partial charge >= 0.3 is 0 Å². The van der Waals surface area contributed by atoms with Crippen molar-refractivity contribution in [1.29, 1.82) is 0 Å². The van der Waals surface area contributed by atoms with E-state index in [9.17, 15) is 14.9 Å². The lowest BCUT2D eigenvalue weighted by atomic mass is 9.83. The molecule has 4 rings (SSSR count). The number of carbonyl (C=O) groups excluding carboxylic acids is 1. The lowest BCUT2D eigenvalue weighted by molar-refractivity contribution is -0.385. The van der Waals surface area contributed by atoms with Gasteiger partial charge in [-0.25, -0.2) is 0 Å². The SMILES string of the molecule is CCN(C(=O)C1CC1c1ccc(C2CCCCC2)c([N+](=O)[O-])c1)C1CCCCC1. The van der Waals surface area contributed by atoms with Crippen molar-refractivity contribution in [2.24, 2.45) is 5.92 Å². The second kappa shape index (κ2) is 8.85. The second-order valence-corrected chi connectivity index (χ2v) is 9.28. The fraction of sp³-hybridized carbons (Fsp3) is 0.708. The minimum Gasteiger partial charge on any atom is -0.340 e. The highest BCUT2D eigenvalue weighted by atomic mass is 16.6. The Morgan fingerprint density at radius 3 is 2.34 bits per heavy atom. The molecule has 2 unspecified atom stereocenters. The molecule has 1 amide bonds. The lowest BCUT2D eigenvalue weighted by Gasteiger charge is -2.34. The molecule has 1 aromatic rings. The molecule has 0 heterocycles. The molecule has 3 saturated carbocycles. The van der Waals surface area contributed by atoms with Crippen LogP contribution in [0.2, 0.25) is 0 Å². The summed E-state index contributed by atoms with van der Waals surface area (Å²) in [7, 11) is 0. The summed E-state index contributed by atoms with van der Waals surface area (Å²) in [4.78, 5) is 26.8. The number of benzene rings is 1. The average molecular weight is 399 g/mol. The van der Waals surface area contributed by atoms with Gasteiger partial charge in [0, 0.05) is 30.1 Å². The van der Waals surface area contributed by atoms with Crippen LogP contribution in [0.5, 0.6) is 0 Å². The molecule has 0 aliphatic heterocycles. The zero-order valence-electron chi connectivity index (χ0n) is 17.6. The van der Waals surface area contributed by atoms with Crippen LogP contribution in [0.15, 0.2) is 18.2 Å². The Balaban J connectivity index is 1.48. The molecule has 3 aliphatic rings. The number of nitro benzene ring substituents is 1. The molecule has 0 aromatic heterocycles. The first-order chi connectivity index (χ1) is 14.1. The van der Waals surface area contributed by atoms with E-state index in [0.717, 1.165) is 62.6 Å². The van der Waals surface area contributed by atoms with Gasteiger partial charge in [0.1, 0.15) is 0 Å². The Morgan fingerprint density at radius 1 is 1.07 bits per heavy atom. The first-order valence-electron chi connectivity index (χ1n) is 11.7. The summed E-state index contributed by atoms with van der Waals surface area (Å²) in [6, 6.07) is 6.22. The van der Waals surface area contributed by atoms with Crippen LogP contribution in [0, 0.1) is 16.0 Å². The molecule has 0 N–H and O–H groups in total. The number of amides is 1. The summed E-state index contributed by atoms with van der Waals surface area (Å²) < 4.78 is 0. The third-order valence-electron chi connectivity index (χ3n) is 7.47. The quantitative estimate of drug-likeness (QED) is 0.441. The molecular formula is C24H34N2O3. The van der Waals surface area contributed by atoms with Crippen molar-refractivity contribution in [2.75, 3.05) is 6.54 Å². The Hall–Kier alpha value is -1.91. The molecule has 0 saturated heterocycles. The van der Waals surface area contributed by atoms with Gasteiger partial charge in [-0.15, -0.1) is 0 Å². The topological polar surface area (TPSA) is 63.5 Å². The number of carbonyl (C=O) groups is 1. The highest BCUT2D eigenvalue weighted by molar-refractivity contribution is 5.83. The number of nitro groups is 1. The van der Waals surface area contributed by atoms with Gasteiger partial charge < -0.3 is 4.90 Å². The van der Waals surface area contributed by atoms with Crippen molar-refractivity contribution < 1.29 is 9.72 Å². The third kappa shape index (κ3) is 4.34. The van der Waals surface area contributed by atoms with Crippen molar-refractivity contribution in [3.8, 4) is 0 Å². The van der Waals surface area contributed by atoms with Crippen molar-refractivity contribution >= 4 is 11.6 Å². The standard InChI is InChI=1S/C24H34N2O3/c1-2-25(19-11-7-4-8-12-19)24(27)22-16-21(22)18-13-14-20(23(15-18)26(28)29)17-9-5-3-6-10-17/h13-15,17,19,21-22H,2-12,16H2,1H3. The average Bonchev–Trinajstić information content (AvgIpc) is 3.56. The van der Waals surface area contributed by atoms with Gasteiger partial charge in [0.2, 0.25) is 5.91 Å². The van der Waals surface area contributed by atoms with Gasteiger partial charge in [-0.2, -0.15) is 0 Å². The van der Waals surface area contributed by atoms with E-state index in [4.69, 9.17) is 0 Å². The number of hydrogen-bond acceptors (Lipinski definition) is 3. The normalized spacial score (nSPS) is 25.6. The van der Waals surface area contributed by atoms with Gasteiger partial charge in [-0.1, -0.05) is 50.7 Å². The van der Waals surface area contributed by atoms with Crippen LogP contribution in [0.1, 0.15) is 101 Å². The molecule has 2 atom stereocenters. The molecule has 29 heavy (non-hydrogen) atoms. The lowest BCUT2D eigenvalue weighted by Crippen LogP contribution is -2.42. The monoisotopic (exact) mass is 398 g/mol. The third-order valence-corrected chi connectivity index (χ3v) is 7.47. The molecule has 3 fully saturated rings. The maximum absolute atomic E-state index is 13.1. The molecular weight excluding hydrogens is 364 g/mol. The van der Waals surface area contributed by atoms with E-state index < -0.39 is 0 Å². The fourth-order valence-corrected chi connectivity index (χ4v) is 5.74. The zero-order valence-corrected chi connectivity index (χ0v) is 17.6. The summed E-state index contributed by atoms with van der Waals surface area (Å²) in [5, 5.41) is 11.8. The highest BCUT2D eigenvalue weighted by Gasteiger charge is 2.47. The van der Waals surface area contributed by atoms with Crippen molar-refractivity contribution in [3.63, 3.8) is 0 Å². The summed E-state index contributed by atoms with van der Waals surface area (Å²) in [5.74, 6) is 0.747. The van der Waals surface area contributed by atoms with Crippen LogP contribution >= 0.6 is 0 Å². The Morgan fingerprint density at radius 2 is 1.72 bits per heavy atom. The summed E-state index contributed by atoms with van der Waals surface area (Å²) >= 11 is 0. The minimum absolute atomic E-state index is 0.0111. The maximum atomic E-state index is 13.1. The van der Waals surface area contributed by atoms with E-state index in [0.29, 0.717) is 12.0 Å². The van der Waals surface area contributed by atoms with Gasteiger partial charge in [-0.05, 0) is 56.4 Å². The minimum atomic E-state index is -0.215. The number of nitrogens with zero attached hydrogens (tertiary/aromatic N) is 2. The van der Waals surface area contributed by atoms with Gasteiger partial charge in [0.05, 0.1) is 4.92 Å². The smallest absolute Gasteiger partial charge is 0.273 e. The van der Waals surface area contributed by atoms with Crippen LogP contribution in [0.4, 0.5) is 5.69 Å². The van der Waals surface area contributed by atoms with Crippen LogP contribution < -0.4 is 0 Å². The van der Waals surface area contributed by atoms with Gasteiger partial charge in [0.15, 0.2) is 0 Å². The summed E-state index contributed by atoms with van der Waals surface area (Å²) in [6.45, 7) is 2.85. The van der Waals surface area contributed by atoms with E-state index >= 15 is 0 Å². The molecule has 0 bridgehead atoms. The number of hydrogen-bond donors (Lipinski definition) is 0. The number of rotatable bonds is 6. The summed E-state index contributed by atoms with van der Waals surface area (Å²) in [6.07, 6.45) is 12.5. The van der Waals surface area contributed by atoms with Crippen molar-refractivity contribution in [3.05, 3.63) is 39.4 Å². The Labute approximate surface area is 174 Å². The first kappa shape index (κ1) is 20.4. The van der Waals surface area contributed by atoms with Gasteiger partial charge in [-0.3, -0.25) is 14.9 Å². The second-order valence-electron chi connectivity index (χ2n) is 9.28. The van der Waals surface area contributed by atoms with E-state index in [1.165, 1.54) is 25.7 Å². The predicted octanol–water partition coefficient (Wildman–Crippen LogP) is 5.93. The Bertz CT molecular complexity index is 750. The highest BCUT2D eigenvalue weighted by Crippen LogP contribution is 2.50. The van der Waals surface area contributed by atoms with Crippen LogP contribution in [0.3, 0.4) is 0 Å². The fourth-order valence-electron chi connectivity index (χ4n) is 5.74. The van der Waals surface area contributed by atoms with Crippen LogP contribution in [-0.2, 0) is 4.79 Å². The molecule has 0 spiro atoms.